The lowest BCUT2D eigenvalue weighted by Gasteiger charge is -2.42. The summed E-state index contributed by atoms with van der Waals surface area (Å²) in [5.74, 6) is -1.85. The summed E-state index contributed by atoms with van der Waals surface area (Å²) >= 11 is 0. The van der Waals surface area contributed by atoms with Gasteiger partial charge in [-0.2, -0.15) is 0 Å². The van der Waals surface area contributed by atoms with Gasteiger partial charge in [0.05, 0.1) is 17.2 Å². The summed E-state index contributed by atoms with van der Waals surface area (Å²) in [6.07, 6.45) is 1.85. The smallest absolute Gasteiger partial charge is 0.252 e. The SMILES string of the molecule is CCC1[C@H](N)C(=O)C(C(N)=O)=C[C@@]1(O)C(C)C. The summed E-state index contributed by atoms with van der Waals surface area (Å²) in [6, 6.07) is -0.875. The average molecular weight is 240 g/mol. The summed E-state index contributed by atoms with van der Waals surface area (Å²) < 4.78 is 0. The number of nitrogens with two attached hydrogens (primary N) is 2. The number of hydrogen-bond donors (Lipinski definition) is 3. The van der Waals surface area contributed by atoms with Gasteiger partial charge in [0.15, 0.2) is 5.78 Å². The topological polar surface area (TPSA) is 106 Å². The quantitative estimate of drug-likeness (QED) is 0.590. The van der Waals surface area contributed by atoms with E-state index < -0.39 is 29.3 Å². The van der Waals surface area contributed by atoms with Gasteiger partial charge in [-0.3, -0.25) is 9.59 Å². The highest BCUT2D eigenvalue weighted by molar-refractivity contribution is 6.21. The van der Waals surface area contributed by atoms with E-state index in [1.165, 1.54) is 6.08 Å². The molecule has 0 radical (unpaired) electrons. The number of aliphatic hydroxyl groups is 1. The minimum atomic E-state index is -1.26. The Morgan fingerprint density at radius 1 is 1.59 bits per heavy atom. The molecule has 0 bridgehead atoms. The molecule has 0 fully saturated rings. The Hall–Kier alpha value is -1.20. The van der Waals surface area contributed by atoms with Crippen molar-refractivity contribution in [3.05, 3.63) is 11.6 Å². The van der Waals surface area contributed by atoms with Crippen molar-refractivity contribution in [3.8, 4) is 0 Å². The van der Waals surface area contributed by atoms with Gasteiger partial charge in [0.25, 0.3) is 5.91 Å². The second-order valence-electron chi connectivity index (χ2n) is 4.87. The van der Waals surface area contributed by atoms with Crippen LogP contribution in [0.4, 0.5) is 0 Å². The van der Waals surface area contributed by atoms with Gasteiger partial charge in [0.2, 0.25) is 0 Å². The summed E-state index contributed by atoms with van der Waals surface area (Å²) in [7, 11) is 0. The first-order valence-electron chi connectivity index (χ1n) is 5.80. The Kier molecular flexibility index (Phi) is 3.74. The van der Waals surface area contributed by atoms with E-state index in [-0.39, 0.29) is 11.5 Å². The summed E-state index contributed by atoms with van der Waals surface area (Å²) in [5, 5.41) is 10.6. The van der Waals surface area contributed by atoms with Crippen LogP contribution in [0.15, 0.2) is 11.6 Å². The number of amides is 1. The Labute approximate surface area is 101 Å². The van der Waals surface area contributed by atoms with E-state index in [0.29, 0.717) is 6.42 Å². The molecule has 1 unspecified atom stereocenters. The second kappa shape index (κ2) is 4.58. The fourth-order valence-corrected chi connectivity index (χ4v) is 2.43. The fourth-order valence-electron chi connectivity index (χ4n) is 2.43. The standard InChI is InChI=1S/C12H20N2O3/c1-4-8-9(13)10(15)7(11(14)16)5-12(8,17)6(2)3/h5-6,8-9,17H,4,13H2,1-3H3,(H2,14,16)/t8?,9-,12+/m0/s1. The average Bonchev–Trinajstić information content (AvgIpc) is 2.23. The van der Waals surface area contributed by atoms with Crippen LogP contribution in [0.3, 0.4) is 0 Å². The maximum absolute atomic E-state index is 11.8. The lowest BCUT2D eigenvalue weighted by Crippen LogP contribution is -2.57. The van der Waals surface area contributed by atoms with Crippen molar-refractivity contribution in [3.63, 3.8) is 0 Å². The molecule has 1 rings (SSSR count). The van der Waals surface area contributed by atoms with Crippen molar-refractivity contribution < 1.29 is 14.7 Å². The van der Waals surface area contributed by atoms with E-state index in [1.54, 1.807) is 0 Å². The Morgan fingerprint density at radius 2 is 2.12 bits per heavy atom. The largest absolute Gasteiger partial charge is 0.385 e. The van der Waals surface area contributed by atoms with Gasteiger partial charge in [-0.1, -0.05) is 20.8 Å². The molecule has 1 amide bonds. The third-order valence-electron chi connectivity index (χ3n) is 3.60. The van der Waals surface area contributed by atoms with Crippen LogP contribution in [0.1, 0.15) is 27.2 Å². The molecular formula is C12H20N2O3. The van der Waals surface area contributed by atoms with Crippen LogP contribution in [-0.2, 0) is 9.59 Å². The number of rotatable bonds is 3. The zero-order chi connectivity index (χ0) is 13.4. The molecule has 0 aliphatic heterocycles. The van der Waals surface area contributed by atoms with Gasteiger partial charge in [-0.05, 0) is 18.4 Å². The molecule has 17 heavy (non-hydrogen) atoms. The Balaban J connectivity index is 3.35. The van der Waals surface area contributed by atoms with Crippen molar-refractivity contribution in [2.75, 3.05) is 0 Å². The van der Waals surface area contributed by atoms with Crippen LogP contribution in [0.25, 0.3) is 0 Å². The van der Waals surface area contributed by atoms with Gasteiger partial charge in [-0.15, -0.1) is 0 Å². The van der Waals surface area contributed by atoms with Gasteiger partial charge in [0, 0.05) is 5.92 Å². The van der Waals surface area contributed by atoms with Crippen molar-refractivity contribution in [2.24, 2.45) is 23.3 Å². The second-order valence-corrected chi connectivity index (χ2v) is 4.87. The molecule has 5 nitrogen and oxygen atoms in total. The van der Waals surface area contributed by atoms with Crippen molar-refractivity contribution in [1.82, 2.24) is 0 Å². The van der Waals surface area contributed by atoms with E-state index >= 15 is 0 Å². The van der Waals surface area contributed by atoms with Crippen molar-refractivity contribution in [1.29, 1.82) is 0 Å². The predicted molar refractivity (Wildman–Crippen MR) is 63.8 cm³/mol. The zero-order valence-electron chi connectivity index (χ0n) is 10.4. The minimum Gasteiger partial charge on any atom is -0.385 e. The van der Waals surface area contributed by atoms with Gasteiger partial charge in [-0.25, -0.2) is 0 Å². The minimum absolute atomic E-state index is 0.152. The number of hydrogen-bond acceptors (Lipinski definition) is 4. The molecular weight excluding hydrogens is 220 g/mol. The normalized spacial score (nSPS) is 33.8. The third-order valence-corrected chi connectivity index (χ3v) is 3.60. The fraction of sp³-hybridized carbons (Fsp3) is 0.667. The van der Waals surface area contributed by atoms with Gasteiger partial charge >= 0.3 is 0 Å². The van der Waals surface area contributed by atoms with Crippen LogP contribution in [0.5, 0.6) is 0 Å². The van der Waals surface area contributed by atoms with Gasteiger partial charge < -0.3 is 16.6 Å². The molecule has 3 atom stereocenters. The summed E-state index contributed by atoms with van der Waals surface area (Å²) in [6.45, 7) is 5.49. The third kappa shape index (κ3) is 2.12. The van der Waals surface area contributed by atoms with Crippen molar-refractivity contribution in [2.45, 2.75) is 38.8 Å². The first-order chi connectivity index (χ1) is 7.75. The monoisotopic (exact) mass is 240 g/mol. The molecule has 1 aliphatic carbocycles. The number of carbonyl (C=O) groups is 2. The van der Waals surface area contributed by atoms with Crippen molar-refractivity contribution >= 4 is 11.7 Å². The maximum Gasteiger partial charge on any atom is 0.252 e. The first kappa shape index (κ1) is 13.9. The molecule has 0 spiro atoms. The number of primary amides is 1. The van der Waals surface area contributed by atoms with Crippen LogP contribution < -0.4 is 11.5 Å². The van der Waals surface area contributed by atoms with E-state index in [0.717, 1.165) is 0 Å². The van der Waals surface area contributed by atoms with E-state index in [9.17, 15) is 14.7 Å². The highest BCUT2D eigenvalue weighted by Gasteiger charge is 2.48. The Bertz CT molecular complexity index is 376. The number of Topliss-reactive ketones (excluding diaryl/α,β-unsaturated/α-hetero) is 1. The van der Waals surface area contributed by atoms with E-state index in [4.69, 9.17) is 11.5 Å². The highest BCUT2D eigenvalue weighted by atomic mass is 16.3. The Morgan fingerprint density at radius 3 is 2.47 bits per heavy atom. The lowest BCUT2D eigenvalue weighted by molar-refractivity contribution is -0.127. The van der Waals surface area contributed by atoms with E-state index in [2.05, 4.69) is 0 Å². The predicted octanol–water partition coefficient (Wildman–Crippen LogP) is -0.279. The molecule has 5 heteroatoms. The zero-order valence-corrected chi connectivity index (χ0v) is 10.4. The summed E-state index contributed by atoms with van der Waals surface area (Å²) in [4.78, 5) is 23.0. The number of ketones is 1. The molecule has 0 heterocycles. The maximum atomic E-state index is 11.8. The van der Waals surface area contributed by atoms with Crippen LogP contribution in [0.2, 0.25) is 0 Å². The first-order valence-corrected chi connectivity index (χ1v) is 5.80. The highest BCUT2D eigenvalue weighted by Crippen LogP contribution is 2.37. The van der Waals surface area contributed by atoms with E-state index in [1.807, 2.05) is 20.8 Å². The van der Waals surface area contributed by atoms with Gasteiger partial charge in [0.1, 0.15) is 0 Å². The molecule has 96 valence electrons. The molecule has 5 N–H and O–H groups in total. The number of carbonyl (C=O) groups excluding carboxylic acids is 2. The van der Waals surface area contributed by atoms with Crippen LogP contribution in [-0.4, -0.2) is 28.4 Å². The molecule has 0 aromatic rings. The molecule has 0 aromatic heterocycles. The molecule has 0 saturated heterocycles. The summed E-state index contributed by atoms with van der Waals surface area (Å²) in [5.41, 5.74) is 9.51. The molecule has 1 aliphatic rings. The molecule has 0 saturated carbocycles. The molecule has 0 aromatic carbocycles. The lowest BCUT2D eigenvalue weighted by atomic mass is 9.67. The van der Waals surface area contributed by atoms with Crippen LogP contribution >= 0.6 is 0 Å². The van der Waals surface area contributed by atoms with Crippen LogP contribution in [0, 0.1) is 11.8 Å².